The minimum absolute atomic E-state index is 0.152. The quantitative estimate of drug-likeness (QED) is 0.477. The normalized spacial score (nSPS) is 11.7. The Balaban J connectivity index is 1.64. The van der Waals surface area contributed by atoms with E-state index in [-0.39, 0.29) is 16.5 Å². The van der Waals surface area contributed by atoms with Gasteiger partial charge in [-0.1, -0.05) is 60.1 Å². The highest BCUT2D eigenvalue weighted by molar-refractivity contribution is 6.30. The maximum absolute atomic E-state index is 12.5. The van der Waals surface area contributed by atoms with Crippen molar-refractivity contribution in [1.29, 1.82) is 0 Å². The largest absolute Gasteiger partial charge is 0.452 e. The van der Waals surface area contributed by atoms with Gasteiger partial charge in [0.05, 0.1) is 17.1 Å². The van der Waals surface area contributed by atoms with Crippen LogP contribution in [-0.4, -0.2) is 35.3 Å². The van der Waals surface area contributed by atoms with Crippen LogP contribution in [0.3, 0.4) is 0 Å². The number of pyridine rings is 1. The fraction of sp³-hybridized carbons (Fsp3) is 0.182. The van der Waals surface area contributed by atoms with E-state index in [4.69, 9.17) is 16.3 Å². The summed E-state index contributed by atoms with van der Waals surface area (Å²) in [5.41, 5.74) is 1.69. The zero-order valence-electron chi connectivity index (χ0n) is 15.7. The Morgan fingerprint density at radius 2 is 1.76 bits per heavy atom. The number of esters is 1. The molecule has 1 heterocycles. The van der Waals surface area contributed by atoms with Crippen LogP contribution in [0.25, 0.3) is 10.9 Å². The van der Waals surface area contributed by atoms with Gasteiger partial charge < -0.3 is 10.1 Å². The Kier molecular flexibility index (Phi) is 6.57. The predicted octanol–water partition coefficient (Wildman–Crippen LogP) is 3.36. The molecule has 0 aliphatic rings. The summed E-state index contributed by atoms with van der Waals surface area (Å²) in [6, 6.07) is 17.1. The van der Waals surface area contributed by atoms with Crippen molar-refractivity contribution in [3.63, 3.8) is 0 Å². The fourth-order valence-electron chi connectivity index (χ4n) is 2.90. The summed E-state index contributed by atoms with van der Waals surface area (Å²) >= 11 is 5.98. The molecule has 148 valence electrons. The van der Waals surface area contributed by atoms with Crippen LogP contribution in [0.2, 0.25) is 5.15 Å². The van der Waals surface area contributed by atoms with Crippen LogP contribution in [0.4, 0.5) is 0 Å². The first-order chi connectivity index (χ1) is 13.9. The van der Waals surface area contributed by atoms with Crippen molar-refractivity contribution in [1.82, 2.24) is 10.3 Å². The molecule has 0 fully saturated rings. The molecule has 1 atom stereocenters. The van der Waals surface area contributed by atoms with Gasteiger partial charge in [-0.15, -0.1) is 0 Å². The van der Waals surface area contributed by atoms with Crippen LogP contribution >= 0.6 is 11.6 Å². The maximum Gasteiger partial charge on any atom is 0.339 e. The van der Waals surface area contributed by atoms with Gasteiger partial charge >= 0.3 is 5.97 Å². The molecule has 1 amide bonds. The van der Waals surface area contributed by atoms with Crippen molar-refractivity contribution in [2.75, 3.05) is 6.61 Å². The molecule has 7 heteroatoms. The molecule has 0 bridgehead atoms. The van der Waals surface area contributed by atoms with Crippen LogP contribution in [0.15, 0.2) is 60.7 Å². The number of amides is 1. The molecule has 1 N–H and O–H groups in total. The Labute approximate surface area is 172 Å². The molecule has 0 spiro atoms. The van der Waals surface area contributed by atoms with E-state index < -0.39 is 24.5 Å². The Morgan fingerprint density at radius 3 is 2.48 bits per heavy atom. The smallest absolute Gasteiger partial charge is 0.339 e. The van der Waals surface area contributed by atoms with Crippen molar-refractivity contribution >= 4 is 40.2 Å². The average molecular weight is 411 g/mol. The number of ketones is 1. The van der Waals surface area contributed by atoms with Gasteiger partial charge in [-0.25, -0.2) is 9.78 Å². The second-order valence-electron chi connectivity index (χ2n) is 6.51. The number of benzene rings is 2. The third-order valence-corrected chi connectivity index (χ3v) is 4.54. The molecule has 29 heavy (non-hydrogen) atoms. The first-order valence-corrected chi connectivity index (χ1v) is 9.38. The summed E-state index contributed by atoms with van der Waals surface area (Å²) < 4.78 is 5.14. The lowest BCUT2D eigenvalue weighted by Gasteiger charge is -2.16. The number of fused-ring (bicyclic) bond motifs is 1. The van der Waals surface area contributed by atoms with E-state index in [2.05, 4.69) is 10.3 Å². The van der Waals surface area contributed by atoms with E-state index in [1.165, 1.54) is 13.0 Å². The first-order valence-electron chi connectivity index (χ1n) is 9.00. The zero-order valence-corrected chi connectivity index (χ0v) is 16.5. The van der Waals surface area contributed by atoms with Gasteiger partial charge in [0.1, 0.15) is 5.15 Å². The van der Waals surface area contributed by atoms with E-state index in [1.807, 2.05) is 30.3 Å². The van der Waals surface area contributed by atoms with E-state index in [1.54, 1.807) is 24.3 Å². The van der Waals surface area contributed by atoms with Gasteiger partial charge in [-0.2, -0.15) is 0 Å². The minimum atomic E-state index is -0.695. The van der Waals surface area contributed by atoms with Gasteiger partial charge in [0, 0.05) is 5.39 Å². The molecule has 0 unspecified atom stereocenters. The monoisotopic (exact) mass is 410 g/mol. The molecule has 0 radical (unpaired) electrons. The molecular formula is C22H19ClN2O4. The number of carbonyl (C=O) groups excluding carboxylic acids is 3. The van der Waals surface area contributed by atoms with E-state index >= 15 is 0 Å². The van der Waals surface area contributed by atoms with Crippen molar-refractivity contribution in [2.45, 2.75) is 19.4 Å². The summed E-state index contributed by atoms with van der Waals surface area (Å²) in [5.74, 6) is -1.43. The van der Waals surface area contributed by atoms with Crippen LogP contribution in [0.1, 0.15) is 22.8 Å². The molecule has 0 saturated heterocycles. The third kappa shape index (κ3) is 5.39. The second-order valence-corrected chi connectivity index (χ2v) is 6.89. The number of rotatable bonds is 7. The number of aromatic nitrogens is 1. The summed E-state index contributed by atoms with van der Waals surface area (Å²) in [5, 5.41) is 3.35. The Morgan fingerprint density at radius 1 is 1.07 bits per heavy atom. The lowest BCUT2D eigenvalue weighted by Crippen LogP contribution is -2.43. The predicted molar refractivity (Wildman–Crippen MR) is 110 cm³/mol. The molecule has 6 nitrogen and oxygen atoms in total. The summed E-state index contributed by atoms with van der Waals surface area (Å²) in [6.45, 7) is 0.899. The number of halogens is 1. The van der Waals surface area contributed by atoms with E-state index in [9.17, 15) is 14.4 Å². The number of carbonyl (C=O) groups is 3. The standard InChI is InChI=1S/C22H19ClN2O4/c1-14(26)19(11-15-7-3-2-4-8-15)25-21(27)13-29-22(28)17-12-20(23)24-18-10-6-5-9-16(17)18/h2-10,12,19H,11,13H2,1H3,(H,25,27)/t19-/m1/s1. The zero-order chi connectivity index (χ0) is 20.8. The van der Waals surface area contributed by atoms with Crippen molar-refractivity contribution < 1.29 is 19.1 Å². The van der Waals surface area contributed by atoms with E-state index in [0.717, 1.165) is 5.56 Å². The van der Waals surface area contributed by atoms with Crippen molar-refractivity contribution in [3.05, 3.63) is 76.9 Å². The lowest BCUT2D eigenvalue weighted by atomic mass is 10.0. The topological polar surface area (TPSA) is 85.4 Å². The molecule has 3 aromatic rings. The fourth-order valence-corrected chi connectivity index (χ4v) is 3.10. The van der Waals surface area contributed by atoms with E-state index in [0.29, 0.717) is 17.3 Å². The number of nitrogens with zero attached hydrogens (tertiary/aromatic N) is 1. The molecule has 1 aromatic heterocycles. The van der Waals surface area contributed by atoms with Crippen LogP contribution in [-0.2, 0) is 20.7 Å². The number of Topliss-reactive ketones (excluding diaryl/α,β-unsaturated/α-hetero) is 1. The lowest BCUT2D eigenvalue weighted by molar-refractivity contribution is -0.128. The molecule has 2 aromatic carbocycles. The SMILES string of the molecule is CC(=O)[C@@H](Cc1ccccc1)NC(=O)COC(=O)c1cc(Cl)nc2ccccc12. The van der Waals surface area contributed by atoms with Crippen LogP contribution in [0.5, 0.6) is 0 Å². The van der Waals surface area contributed by atoms with Gasteiger partial charge in [0.15, 0.2) is 12.4 Å². The number of nitrogens with one attached hydrogen (secondary N) is 1. The number of hydrogen-bond acceptors (Lipinski definition) is 5. The summed E-state index contributed by atoms with van der Waals surface area (Å²) in [7, 11) is 0. The van der Waals surface area contributed by atoms with Gasteiger partial charge in [0.25, 0.3) is 5.91 Å². The highest BCUT2D eigenvalue weighted by atomic mass is 35.5. The second kappa shape index (κ2) is 9.30. The van der Waals surface area contributed by atoms with Crippen molar-refractivity contribution in [2.24, 2.45) is 0 Å². The first kappa shape index (κ1) is 20.5. The summed E-state index contributed by atoms with van der Waals surface area (Å²) in [4.78, 5) is 40.7. The third-order valence-electron chi connectivity index (χ3n) is 4.35. The number of para-hydroxylation sites is 1. The maximum atomic E-state index is 12.5. The molecule has 3 rings (SSSR count). The Bertz CT molecular complexity index is 1050. The molecule has 0 aliphatic heterocycles. The highest BCUT2D eigenvalue weighted by Gasteiger charge is 2.20. The van der Waals surface area contributed by atoms with Gasteiger partial charge in [0.2, 0.25) is 0 Å². The van der Waals surface area contributed by atoms with Gasteiger partial charge in [-0.3, -0.25) is 9.59 Å². The number of ether oxygens (including phenoxy) is 1. The average Bonchev–Trinajstić information content (AvgIpc) is 2.71. The molecule has 0 saturated carbocycles. The van der Waals surface area contributed by atoms with Crippen LogP contribution in [0, 0.1) is 0 Å². The highest BCUT2D eigenvalue weighted by Crippen LogP contribution is 2.21. The molecular weight excluding hydrogens is 392 g/mol. The van der Waals surface area contributed by atoms with Crippen molar-refractivity contribution in [3.8, 4) is 0 Å². The summed E-state index contributed by atoms with van der Waals surface area (Å²) in [6.07, 6.45) is 0.362. The molecule has 0 aliphatic carbocycles. The van der Waals surface area contributed by atoms with Gasteiger partial charge in [-0.05, 0) is 31.0 Å². The number of hydrogen-bond donors (Lipinski definition) is 1. The Hall–Kier alpha value is -3.25. The van der Waals surface area contributed by atoms with Crippen LogP contribution < -0.4 is 5.32 Å². The minimum Gasteiger partial charge on any atom is -0.452 e.